The molecule has 4 rings (SSSR count). The van der Waals surface area contributed by atoms with Crippen LogP contribution < -0.4 is 19.7 Å². The molecule has 36 heavy (non-hydrogen) atoms. The van der Waals surface area contributed by atoms with Gasteiger partial charge in [-0.25, -0.2) is 4.90 Å². The molecule has 0 aliphatic carbocycles. The van der Waals surface area contributed by atoms with Gasteiger partial charge in [0.15, 0.2) is 16.6 Å². The molecule has 7 nitrogen and oxygen atoms in total. The number of halogens is 1. The number of nitrogens with one attached hydrogen (secondary N) is 1. The number of ether oxygens (including phenoxy) is 2. The van der Waals surface area contributed by atoms with E-state index in [9.17, 15) is 9.59 Å². The summed E-state index contributed by atoms with van der Waals surface area (Å²) in [4.78, 5) is 29.5. The summed E-state index contributed by atoms with van der Waals surface area (Å²) in [5, 5.41) is 3.60. The highest BCUT2D eigenvalue weighted by molar-refractivity contribution is 9.10. The number of benzene rings is 3. The fourth-order valence-electron chi connectivity index (χ4n) is 4.12. The van der Waals surface area contributed by atoms with E-state index in [4.69, 9.17) is 21.7 Å². The predicted molar refractivity (Wildman–Crippen MR) is 148 cm³/mol. The summed E-state index contributed by atoms with van der Waals surface area (Å²) >= 11 is 9.14. The van der Waals surface area contributed by atoms with Crippen LogP contribution in [0.15, 0.2) is 77.3 Å². The van der Waals surface area contributed by atoms with Crippen LogP contribution in [0.3, 0.4) is 0 Å². The summed E-state index contributed by atoms with van der Waals surface area (Å²) in [6, 6.07) is 21.6. The maximum Gasteiger partial charge on any atom is 0.257 e. The Bertz CT molecular complexity index is 1250. The van der Waals surface area contributed by atoms with Crippen molar-refractivity contribution in [2.24, 2.45) is 0 Å². The Morgan fingerprint density at radius 3 is 2.39 bits per heavy atom. The number of amides is 2. The molecule has 0 saturated carbocycles. The second-order valence-electron chi connectivity index (χ2n) is 8.19. The minimum atomic E-state index is -0.718. The molecule has 2 amide bonds. The highest BCUT2D eigenvalue weighted by atomic mass is 79.9. The summed E-state index contributed by atoms with van der Waals surface area (Å²) in [7, 11) is 3.18. The molecular weight excluding hydrogens is 542 g/mol. The monoisotopic (exact) mass is 567 g/mol. The molecule has 0 unspecified atom stereocenters. The van der Waals surface area contributed by atoms with E-state index < -0.39 is 6.04 Å². The van der Waals surface area contributed by atoms with E-state index in [1.165, 1.54) is 4.90 Å². The number of hydrogen-bond donors (Lipinski definition) is 1. The number of carbonyl (C=O) groups excluding carboxylic acids is 2. The number of thiocarbonyl (C=S) groups is 1. The van der Waals surface area contributed by atoms with Crippen molar-refractivity contribution >= 4 is 56.4 Å². The zero-order valence-electron chi connectivity index (χ0n) is 19.9. The first kappa shape index (κ1) is 25.7. The molecule has 0 bridgehead atoms. The summed E-state index contributed by atoms with van der Waals surface area (Å²) in [6.07, 6.45) is 0.616. The quantitative estimate of drug-likeness (QED) is 0.302. The van der Waals surface area contributed by atoms with E-state index in [2.05, 4.69) is 21.2 Å². The molecule has 1 aliphatic rings. The lowest BCUT2D eigenvalue weighted by atomic mass is 10.1. The van der Waals surface area contributed by atoms with Crippen molar-refractivity contribution < 1.29 is 19.1 Å². The molecule has 1 atom stereocenters. The third-order valence-corrected chi connectivity index (χ3v) is 6.82. The van der Waals surface area contributed by atoms with Gasteiger partial charge >= 0.3 is 0 Å². The van der Waals surface area contributed by atoms with Crippen LogP contribution >= 0.6 is 28.1 Å². The Hall–Kier alpha value is -3.43. The van der Waals surface area contributed by atoms with Crippen LogP contribution in [0.1, 0.15) is 12.0 Å². The molecule has 1 fully saturated rings. The second-order valence-corrected chi connectivity index (χ2v) is 9.50. The third kappa shape index (κ3) is 5.68. The van der Waals surface area contributed by atoms with Gasteiger partial charge in [0.2, 0.25) is 5.91 Å². The van der Waals surface area contributed by atoms with E-state index >= 15 is 0 Å². The van der Waals surface area contributed by atoms with Crippen LogP contribution in [-0.2, 0) is 16.0 Å². The first-order valence-corrected chi connectivity index (χ1v) is 12.6. The lowest BCUT2D eigenvalue weighted by molar-refractivity contribution is -0.122. The molecule has 1 saturated heterocycles. The average molecular weight is 568 g/mol. The standard InChI is InChI=1S/C27H26BrN3O4S/c1-34-23-13-8-18(16-24(23)35-2)14-15-30(27(36)29-20-6-4-3-5-7-20)22-17-25(32)31(26(22)33)21-11-9-19(28)10-12-21/h3-13,16,22H,14-15,17H2,1-2H3,(H,29,36)/t22-/m1/s1. The second kappa shape index (κ2) is 11.5. The van der Waals surface area contributed by atoms with Gasteiger partial charge in [0.25, 0.3) is 5.91 Å². The Labute approximate surface area is 224 Å². The fraction of sp³-hybridized carbons (Fsp3) is 0.222. The van der Waals surface area contributed by atoms with E-state index in [0.29, 0.717) is 35.3 Å². The zero-order valence-corrected chi connectivity index (χ0v) is 22.3. The van der Waals surface area contributed by atoms with Gasteiger partial charge in [-0.1, -0.05) is 40.2 Å². The van der Waals surface area contributed by atoms with E-state index in [-0.39, 0.29) is 18.2 Å². The molecule has 9 heteroatoms. The van der Waals surface area contributed by atoms with Gasteiger partial charge in [-0.05, 0) is 72.7 Å². The van der Waals surface area contributed by atoms with Crippen LogP contribution in [0, 0.1) is 0 Å². The number of carbonyl (C=O) groups is 2. The number of imide groups is 1. The van der Waals surface area contributed by atoms with Crippen LogP contribution in [0.2, 0.25) is 0 Å². The molecule has 3 aromatic carbocycles. The van der Waals surface area contributed by atoms with Crippen LogP contribution in [-0.4, -0.2) is 48.6 Å². The Morgan fingerprint density at radius 1 is 1.03 bits per heavy atom. The van der Waals surface area contributed by atoms with E-state index in [1.54, 1.807) is 43.4 Å². The van der Waals surface area contributed by atoms with Gasteiger partial charge in [-0.2, -0.15) is 0 Å². The van der Waals surface area contributed by atoms with Crippen LogP contribution in [0.4, 0.5) is 11.4 Å². The normalized spacial score (nSPS) is 15.1. The van der Waals surface area contributed by atoms with Crippen molar-refractivity contribution in [3.63, 3.8) is 0 Å². The Balaban J connectivity index is 1.59. The molecule has 1 heterocycles. The summed E-state index contributed by atoms with van der Waals surface area (Å²) in [5.41, 5.74) is 2.33. The summed E-state index contributed by atoms with van der Waals surface area (Å²) in [6.45, 7) is 0.423. The molecule has 1 aliphatic heterocycles. The number of methoxy groups -OCH3 is 2. The number of hydrogen-bond acceptors (Lipinski definition) is 5. The highest BCUT2D eigenvalue weighted by Crippen LogP contribution is 2.30. The average Bonchev–Trinajstić information content (AvgIpc) is 3.18. The van der Waals surface area contributed by atoms with E-state index in [0.717, 1.165) is 15.7 Å². The van der Waals surface area contributed by atoms with Crippen LogP contribution in [0.25, 0.3) is 0 Å². The van der Waals surface area contributed by atoms with Crippen molar-refractivity contribution in [1.29, 1.82) is 0 Å². The molecule has 0 aromatic heterocycles. The lowest BCUT2D eigenvalue weighted by Crippen LogP contribution is -2.48. The largest absolute Gasteiger partial charge is 0.493 e. The minimum absolute atomic E-state index is 0.0391. The first-order chi connectivity index (χ1) is 17.4. The first-order valence-electron chi connectivity index (χ1n) is 11.4. The van der Waals surface area contributed by atoms with E-state index in [1.807, 2.05) is 48.5 Å². The SMILES string of the molecule is COc1ccc(CCN(C(=S)Nc2ccccc2)[C@@H]2CC(=O)N(c3ccc(Br)cc3)C2=O)cc1OC. The topological polar surface area (TPSA) is 71.1 Å². The molecule has 0 radical (unpaired) electrons. The predicted octanol–water partition coefficient (Wildman–Crippen LogP) is 5.04. The van der Waals surface area contributed by atoms with Crippen LogP contribution in [0.5, 0.6) is 11.5 Å². The summed E-state index contributed by atoms with van der Waals surface area (Å²) < 4.78 is 11.6. The molecular formula is C27H26BrN3O4S. The molecule has 0 spiro atoms. The van der Waals surface area contributed by atoms with Gasteiger partial charge in [0.1, 0.15) is 6.04 Å². The van der Waals surface area contributed by atoms with Crippen molar-refractivity contribution in [3.05, 3.63) is 82.8 Å². The van der Waals surface area contributed by atoms with Gasteiger partial charge in [-0.15, -0.1) is 0 Å². The maximum atomic E-state index is 13.5. The molecule has 186 valence electrons. The summed E-state index contributed by atoms with van der Waals surface area (Å²) in [5.74, 6) is 0.707. The number of nitrogens with zero attached hydrogens (tertiary/aromatic N) is 2. The fourth-order valence-corrected chi connectivity index (χ4v) is 4.72. The van der Waals surface area contributed by atoms with Gasteiger partial charge in [0, 0.05) is 16.7 Å². The van der Waals surface area contributed by atoms with Crippen molar-refractivity contribution in [2.75, 3.05) is 31.0 Å². The van der Waals surface area contributed by atoms with Crippen molar-refractivity contribution in [1.82, 2.24) is 4.90 Å². The lowest BCUT2D eigenvalue weighted by Gasteiger charge is -2.30. The maximum absolute atomic E-state index is 13.5. The molecule has 3 aromatic rings. The smallest absolute Gasteiger partial charge is 0.257 e. The third-order valence-electron chi connectivity index (χ3n) is 5.96. The number of para-hydroxylation sites is 1. The Morgan fingerprint density at radius 2 is 1.72 bits per heavy atom. The van der Waals surface area contributed by atoms with Crippen molar-refractivity contribution in [2.45, 2.75) is 18.9 Å². The minimum Gasteiger partial charge on any atom is -0.493 e. The highest BCUT2D eigenvalue weighted by Gasteiger charge is 2.43. The number of anilines is 2. The van der Waals surface area contributed by atoms with Gasteiger partial charge in [-0.3, -0.25) is 9.59 Å². The Kier molecular flexibility index (Phi) is 8.22. The van der Waals surface area contributed by atoms with Gasteiger partial charge < -0.3 is 19.7 Å². The molecule has 1 N–H and O–H groups in total. The zero-order chi connectivity index (χ0) is 25.7. The van der Waals surface area contributed by atoms with Gasteiger partial charge in [0.05, 0.1) is 26.3 Å². The number of rotatable bonds is 8. The van der Waals surface area contributed by atoms with Crippen molar-refractivity contribution in [3.8, 4) is 11.5 Å².